The van der Waals surface area contributed by atoms with Gasteiger partial charge in [0.15, 0.2) is 0 Å². The van der Waals surface area contributed by atoms with Crippen LogP contribution >= 0.6 is 11.8 Å². The van der Waals surface area contributed by atoms with Crippen molar-refractivity contribution in [1.29, 1.82) is 0 Å². The molecule has 0 aromatic heterocycles. The molecular weight excluding hydrogens is 252 g/mol. The van der Waals surface area contributed by atoms with Gasteiger partial charge >= 0.3 is 12.0 Å². The molecule has 5 nitrogen and oxygen atoms in total. The molecule has 1 N–H and O–H groups in total. The Kier molecular flexibility index (Phi) is 8.05. The molecule has 0 aromatic carbocycles. The number of thioether (sulfide) groups is 1. The first kappa shape index (κ1) is 16.6. The maximum Gasteiger partial charge on any atom is 0.323 e. The van der Waals surface area contributed by atoms with Gasteiger partial charge in [-0.2, -0.15) is 11.8 Å². The van der Waals surface area contributed by atoms with Crippen molar-refractivity contribution >= 4 is 23.8 Å². The monoisotopic (exact) mass is 272 g/mol. The van der Waals surface area contributed by atoms with Crippen LogP contribution < -0.4 is 0 Å². The summed E-state index contributed by atoms with van der Waals surface area (Å²) in [6, 6.07) is -0.252. The predicted molar refractivity (Wildman–Crippen MR) is 73.7 cm³/mol. The van der Waals surface area contributed by atoms with Gasteiger partial charge in [-0.3, -0.25) is 4.79 Å². The standard InChI is InChI=1S/C12H20N2O3S/c1-5-7-14(8-11(15)16)12(17)13(3)10(6-2)9-18-4/h1,10H,6-9H2,2-4H3,(H,15,16). The van der Waals surface area contributed by atoms with Gasteiger partial charge in [0, 0.05) is 18.8 Å². The molecule has 0 saturated heterocycles. The minimum absolute atomic E-state index is 0.00513. The molecule has 0 fully saturated rings. The van der Waals surface area contributed by atoms with Crippen molar-refractivity contribution in [1.82, 2.24) is 9.80 Å². The predicted octanol–water partition coefficient (Wildman–Crippen LogP) is 1.20. The van der Waals surface area contributed by atoms with Crippen LogP contribution in [0.15, 0.2) is 0 Å². The van der Waals surface area contributed by atoms with E-state index in [2.05, 4.69) is 5.92 Å². The largest absolute Gasteiger partial charge is 0.480 e. The van der Waals surface area contributed by atoms with Crippen molar-refractivity contribution in [2.45, 2.75) is 19.4 Å². The number of amides is 2. The van der Waals surface area contributed by atoms with E-state index in [0.29, 0.717) is 0 Å². The zero-order chi connectivity index (χ0) is 14.1. The summed E-state index contributed by atoms with van der Waals surface area (Å²) in [5.41, 5.74) is 0. The highest BCUT2D eigenvalue weighted by molar-refractivity contribution is 7.98. The SMILES string of the molecule is C#CCN(CC(=O)O)C(=O)N(C)C(CC)CSC. The van der Waals surface area contributed by atoms with Crippen LogP contribution in [0.3, 0.4) is 0 Å². The van der Waals surface area contributed by atoms with Crippen molar-refractivity contribution in [2.75, 3.05) is 32.1 Å². The number of hydrogen-bond acceptors (Lipinski definition) is 3. The third-order valence-electron chi connectivity index (χ3n) is 2.56. The summed E-state index contributed by atoms with van der Waals surface area (Å²) in [6.45, 7) is 1.63. The molecule has 0 radical (unpaired) electrons. The van der Waals surface area contributed by atoms with Gasteiger partial charge < -0.3 is 14.9 Å². The second kappa shape index (κ2) is 8.70. The fraction of sp³-hybridized carbons (Fsp3) is 0.667. The van der Waals surface area contributed by atoms with E-state index in [9.17, 15) is 9.59 Å². The van der Waals surface area contributed by atoms with E-state index >= 15 is 0 Å². The lowest BCUT2D eigenvalue weighted by Gasteiger charge is -2.31. The molecule has 0 saturated carbocycles. The van der Waals surface area contributed by atoms with Crippen LogP contribution in [0.4, 0.5) is 4.79 Å². The average molecular weight is 272 g/mol. The third-order valence-corrected chi connectivity index (χ3v) is 3.28. The fourth-order valence-corrected chi connectivity index (χ4v) is 2.38. The van der Waals surface area contributed by atoms with Gasteiger partial charge in [-0.1, -0.05) is 12.8 Å². The molecule has 1 unspecified atom stereocenters. The Morgan fingerprint density at radius 3 is 2.50 bits per heavy atom. The highest BCUT2D eigenvalue weighted by atomic mass is 32.2. The summed E-state index contributed by atoms with van der Waals surface area (Å²) < 4.78 is 0. The first-order valence-corrected chi connectivity index (χ1v) is 7.03. The van der Waals surface area contributed by atoms with Gasteiger partial charge in [0.2, 0.25) is 0 Å². The lowest BCUT2D eigenvalue weighted by Crippen LogP contribution is -2.48. The van der Waals surface area contributed by atoms with Gasteiger partial charge in [-0.05, 0) is 12.7 Å². The minimum Gasteiger partial charge on any atom is -0.480 e. The van der Waals surface area contributed by atoms with Crippen LogP contribution in [0.2, 0.25) is 0 Å². The Bertz CT molecular complexity index is 328. The van der Waals surface area contributed by atoms with Gasteiger partial charge in [-0.15, -0.1) is 6.42 Å². The Morgan fingerprint density at radius 1 is 1.50 bits per heavy atom. The number of carbonyl (C=O) groups is 2. The number of urea groups is 1. The number of nitrogens with zero attached hydrogens (tertiary/aromatic N) is 2. The Morgan fingerprint density at radius 2 is 2.11 bits per heavy atom. The summed E-state index contributed by atoms with van der Waals surface area (Å²) in [6.07, 6.45) is 7.94. The first-order chi connectivity index (χ1) is 8.47. The maximum atomic E-state index is 12.1. The molecule has 0 aromatic rings. The maximum absolute atomic E-state index is 12.1. The summed E-state index contributed by atoms with van der Waals surface area (Å²) >= 11 is 1.65. The Hall–Kier alpha value is -1.35. The zero-order valence-corrected chi connectivity index (χ0v) is 11.9. The quantitative estimate of drug-likeness (QED) is 0.707. The number of carboxylic acids is 1. The van der Waals surface area contributed by atoms with Gasteiger partial charge in [-0.25, -0.2) is 4.79 Å². The van der Waals surface area contributed by atoms with Gasteiger partial charge in [0.05, 0.1) is 6.54 Å². The smallest absolute Gasteiger partial charge is 0.323 e. The third kappa shape index (κ3) is 5.32. The molecule has 0 rings (SSSR count). The molecule has 0 aliphatic heterocycles. The van der Waals surface area contributed by atoms with Crippen molar-refractivity contribution in [2.24, 2.45) is 0 Å². The highest BCUT2D eigenvalue weighted by Gasteiger charge is 2.24. The summed E-state index contributed by atoms with van der Waals surface area (Å²) in [4.78, 5) is 25.5. The van der Waals surface area contributed by atoms with E-state index in [1.165, 1.54) is 0 Å². The van der Waals surface area contributed by atoms with Crippen LogP contribution in [-0.2, 0) is 4.79 Å². The lowest BCUT2D eigenvalue weighted by atomic mass is 10.2. The molecule has 0 aliphatic carbocycles. The van der Waals surface area contributed by atoms with Crippen molar-refractivity contribution < 1.29 is 14.7 Å². The van der Waals surface area contributed by atoms with Crippen molar-refractivity contribution in [3.8, 4) is 12.3 Å². The number of carbonyl (C=O) groups excluding carboxylic acids is 1. The molecule has 0 heterocycles. The van der Waals surface area contributed by atoms with E-state index in [4.69, 9.17) is 11.5 Å². The van der Waals surface area contributed by atoms with Crippen LogP contribution in [0, 0.1) is 12.3 Å². The van der Waals surface area contributed by atoms with Crippen LogP contribution in [0.25, 0.3) is 0 Å². The normalized spacial score (nSPS) is 11.4. The average Bonchev–Trinajstić information content (AvgIpc) is 2.33. The number of aliphatic carboxylic acids is 1. The molecular formula is C12H20N2O3S. The van der Waals surface area contributed by atoms with Crippen molar-refractivity contribution in [3.05, 3.63) is 0 Å². The summed E-state index contributed by atoms with van der Waals surface area (Å²) in [7, 11) is 1.68. The molecule has 6 heteroatoms. The first-order valence-electron chi connectivity index (χ1n) is 5.63. The van der Waals surface area contributed by atoms with Crippen LogP contribution in [0.1, 0.15) is 13.3 Å². The molecule has 18 heavy (non-hydrogen) atoms. The molecule has 0 spiro atoms. The van der Waals surface area contributed by atoms with Crippen LogP contribution in [0.5, 0.6) is 0 Å². The van der Waals surface area contributed by atoms with Crippen LogP contribution in [-0.4, -0.2) is 65.1 Å². The Balaban J connectivity index is 4.73. The number of rotatable bonds is 7. The second-order valence-corrected chi connectivity index (χ2v) is 4.78. The molecule has 1 atom stereocenters. The zero-order valence-electron chi connectivity index (χ0n) is 11.0. The lowest BCUT2D eigenvalue weighted by molar-refractivity contribution is -0.137. The van der Waals surface area contributed by atoms with E-state index in [-0.39, 0.29) is 25.2 Å². The number of hydrogen-bond donors (Lipinski definition) is 1. The van der Waals surface area contributed by atoms with Gasteiger partial charge in [0.25, 0.3) is 0 Å². The highest BCUT2D eigenvalue weighted by Crippen LogP contribution is 2.10. The molecule has 2 amide bonds. The number of carboxylic acid groups (broad SMARTS) is 1. The second-order valence-electron chi connectivity index (χ2n) is 3.86. The van der Waals surface area contributed by atoms with E-state index in [0.717, 1.165) is 17.1 Å². The Labute approximate surface area is 113 Å². The minimum atomic E-state index is -1.06. The van der Waals surface area contributed by atoms with Gasteiger partial charge in [0.1, 0.15) is 6.54 Å². The van der Waals surface area contributed by atoms with E-state index in [1.807, 2.05) is 13.2 Å². The summed E-state index contributed by atoms with van der Waals surface area (Å²) in [5, 5.41) is 8.76. The molecule has 0 bridgehead atoms. The van der Waals surface area contributed by atoms with E-state index in [1.54, 1.807) is 23.7 Å². The summed E-state index contributed by atoms with van der Waals surface area (Å²) in [5.74, 6) is 2.06. The fourth-order valence-electron chi connectivity index (χ4n) is 1.54. The van der Waals surface area contributed by atoms with E-state index < -0.39 is 5.97 Å². The molecule has 102 valence electrons. The number of terminal acetylenes is 1. The van der Waals surface area contributed by atoms with Crippen molar-refractivity contribution in [3.63, 3.8) is 0 Å². The topological polar surface area (TPSA) is 60.9 Å². The molecule has 0 aliphatic rings.